The highest BCUT2D eigenvalue weighted by molar-refractivity contribution is 5.91. The van der Waals surface area contributed by atoms with Crippen LogP contribution in [-0.4, -0.2) is 16.2 Å². The second-order valence-corrected chi connectivity index (χ2v) is 3.89. The Bertz CT molecular complexity index is 573. The molecule has 4 heteroatoms. The number of rotatable bonds is 2. The highest BCUT2D eigenvalue weighted by Gasteiger charge is 2.10. The molecule has 18 heavy (non-hydrogen) atoms. The minimum absolute atomic E-state index is 0.0902. The summed E-state index contributed by atoms with van der Waals surface area (Å²) in [5.74, 6) is 0.0963. The van der Waals surface area contributed by atoms with Gasteiger partial charge in [0.1, 0.15) is 17.2 Å². The fraction of sp³-hybridized carbons (Fsp3) is 0.0714. The summed E-state index contributed by atoms with van der Waals surface area (Å²) in [6.45, 7) is 1.74. The Hall–Kier alpha value is -2.49. The number of aromatic hydroxyl groups is 2. The Labute approximate surface area is 104 Å². The lowest BCUT2D eigenvalue weighted by Crippen LogP contribution is -2.08. The van der Waals surface area contributed by atoms with Gasteiger partial charge in [0.05, 0.1) is 5.56 Å². The molecule has 2 aromatic rings. The van der Waals surface area contributed by atoms with Crippen molar-refractivity contribution in [1.29, 1.82) is 0 Å². The molecular formula is C14H12O4. The van der Waals surface area contributed by atoms with E-state index in [2.05, 4.69) is 0 Å². The van der Waals surface area contributed by atoms with Gasteiger partial charge in [0, 0.05) is 0 Å². The van der Waals surface area contributed by atoms with Crippen molar-refractivity contribution in [2.75, 3.05) is 0 Å². The molecule has 2 N–H and O–H groups in total. The Morgan fingerprint density at radius 1 is 1.00 bits per heavy atom. The number of phenols is 2. The van der Waals surface area contributed by atoms with Crippen molar-refractivity contribution in [3.05, 3.63) is 53.6 Å². The zero-order chi connectivity index (χ0) is 13.1. The molecule has 0 amide bonds. The number of hydrogen-bond donors (Lipinski definition) is 2. The summed E-state index contributed by atoms with van der Waals surface area (Å²) in [6.07, 6.45) is 0. The van der Waals surface area contributed by atoms with Gasteiger partial charge >= 0.3 is 5.97 Å². The number of carbonyl (C=O) groups is 1. The van der Waals surface area contributed by atoms with Gasteiger partial charge in [-0.25, -0.2) is 4.79 Å². The van der Waals surface area contributed by atoms with Crippen LogP contribution in [0.15, 0.2) is 42.5 Å². The second kappa shape index (κ2) is 4.79. The van der Waals surface area contributed by atoms with E-state index in [0.29, 0.717) is 16.9 Å². The quantitative estimate of drug-likeness (QED) is 0.629. The highest BCUT2D eigenvalue weighted by atomic mass is 16.5. The zero-order valence-corrected chi connectivity index (χ0v) is 9.75. The van der Waals surface area contributed by atoms with Crippen molar-refractivity contribution in [3.8, 4) is 17.2 Å². The van der Waals surface area contributed by atoms with Crippen LogP contribution < -0.4 is 4.74 Å². The van der Waals surface area contributed by atoms with E-state index in [1.54, 1.807) is 6.92 Å². The van der Waals surface area contributed by atoms with Crippen molar-refractivity contribution in [2.24, 2.45) is 0 Å². The first kappa shape index (κ1) is 12.0. The first-order valence-corrected chi connectivity index (χ1v) is 5.37. The lowest BCUT2D eigenvalue weighted by Gasteiger charge is -2.07. The number of aryl methyl sites for hydroxylation is 1. The number of hydrogen-bond acceptors (Lipinski definition) is 4. The Morgan fingerprint density at radius 3 is 2.22 bits per heavy atom. The first-order chi connectivity index (χ1) is 8.56. The fourth-order valence-corrected chi connectivity index (χ4v) is 1.50. The lowest BCUT2D eigenvalue weighted by atomic mass is 10.2. The smallest absolute Gasteiger partial charge is 0.343 e. The number of esters is 1. The van der Waals surface area contributed by atoms with Gasteiger partial charge in [-0.05, 0) is 55.0 Å². The van der Waals surface area contributed by atoms with Gasteiger partial charge in [0.15, 0.2) is 0 Å². The summed E-state index contributed by atoms with van der Waals surface area (Å²) in [5.41, 5.74) is 1.02. The van der Waals surface area contributed by atoms with Gasteiger partial charge in [-0.15, -0.1) is 0 Å². The summed E-state index contributed by atoms with van der Waals surface area (Å²) in [4.78, 5) is 11.8. The normalized spacial score (nSPS) is 10.1. The molecule has 0 aromatic heterocycles. The lowest BCUT2D eigenvalue weighted by molar-refractivity contribution is 0.0733. The van der Waals surface area contributed by atoms with E-state index < -0.39 is 5.97 Å². The van der Waals surface area contributed by atoms with E-state index in [0.717, 1.165) is 0 Å². The van der Waals surface area contributed by atoms with Gasteiger partial charge in [0.25, 0.3) is 0 Å². The van der Waals surface area contributed by atoms with Crippen molar-refractivity contribution in [2.45, 2.75) is 6.92 Å². The van der Waals surface area contributed by atoms with Crippen LogP contribution in [0.2, 0.25) is 0 Å². The average Bonchev–Trinajstić information content (AvgIpc) is 2.33. The fourth-order valence-electron chi connectivity index (χ4n) is 1.50. The van der Waals surface area contributed by atoms with Crippen molar-refractivity contribution in [1.82, 2.24) is 0 Å². The molecule has 0 unspecified atom stereocenters. The maximum atomic E-state index is 11.8. The van der Waals surface area contributed by atoms with Crippen molar-refractivity contribution >= 4 is 5.97 Å². The largest absolute Gasteiger partial charge is 0.508 e. The van der Waals surface area contributed by atoms with E-state index in [1.165, 1.54) is 42.5 Å². The molecule has 0 saturated heterocycles. The maximum Gasteiger partial charge on any atom is 0.343 e. The number of phenolic OH excluding ortho intramolecular Hbond substituents is 2. The van der Waals surface area contributed by atoms with Crippen LogP contribution in [0, 0.1) is 6.92 Å². The summed E-state index contributed by atoms with van der Waals surface area (Å²) >= 11 is 0. The molecule has 0 heterocycles. The molecule has 4 nitrogen and oxygen atoms in total. The van der Waals surface area contributed by atoms with Gasteiger partial charge in [0.2, 0.25) is 0 Å². The molecule has 0 aliphatic carbocycles. The van der Waals surface area contributed by atoms with Crippen LogP contribution in [0.4, 0.5) is 0 Å². The van der Waals surface area contributed by atoms with Crippen LogP contribution in [0.3, 0.4) is 0 Å². The minimum Gasteiger partial charge on any atom is -0.508 e. The van der Waals surface area contributed by atoms with Gasteiger partial charge in [-0.2, -0.15) is 0 Å². The molecule has 2 rings (SSSR count). The molecule has 0 atom stereocenters. The molecule has 0 saturated carbocycles. The van der Waals surface area contributed by atoms with E-state index in [9.17, 15) is 9.90 Å². The van der Waals surface area contributed by atoms with Crippen LogP contribution in [-0.2, 0) is 0 Å². The molecule has 0 fully saturated rings. The third-order valence-electron chi connectivity index (χ3n) is 2.46. The zero-order valence-electron chi connectivity index (χ0n) is 9.75. The molecule has 0 radical (unpaired) electrons. The van der Waals surface area contributed by atoms with Gasteiger partial charge in [-0.1, -0.05) is 0 Å². The number of carbonyl (C=O) groups excluding carboxylic acids is 1. The molecule has 2 aromatic carbocycles. The topological polar surface area (TPSA) is 66.8 Å². The van der Waals surface area contributed by atoms with E-state index in [4.69, 9.17) is 9.84 Å². The number of ether oxygens (including phenoxy) is 1. The van der Waals surface area contributed by atoms with Crippen LogP contribution in [0.25, 0.3) is 0 Å². The molecule has 0 spiro atoms. The predicted molar refractivity (Wildman–Crippen MR) is 65.9 cm³/mol. The SMILES string of the molecule is Cc1cc(O)ccc1OC(=O)c1ccc(O)cc1. The minimum atomic E-state index is -0.510. The van der Waals surface area contributed by atoms with Crippen LogP contribution in [0.1, 0.15) is 15.9 Å². The molecule has 0 aliphatic heterocycles. The Kier molecular flexibility index (Phi) is 3.19. The Balaban J connectivity index is 2.18. The summed E-state index contributed by atoms with van der Waals surface area (Å²) in [7, 11) is 0. The Morgan fingerprint density at radius 2 is 1.61 bits per heavy atom. The van der Waals surface area contributed by atoms with E-state index >= 15 is 0 Å². The third kappa shape index (κ3) is 2.60. The maximum absolute atomic E-state index is 11.8. The summed E-state index contributed by atoms with van der Waals surface area (Å²) < 4.78 is 5.19. The highest BCUT2D eigenvalue weighted by Crippen LogP contribution is 2.23. The average molecular weight is 244 g/mol. The summed E-state index contributed by atoms with van der Waals surface area (Å²) in [6, 6.07) is 10.3. The van der Waals surface area contributed by atoms with Gasteiger partial charge in [-0.3, -0.25) is 0 Å². The molecular weight excluding hydrogens is 232 g/mol. The van der Waals surface area contributed by atoms with Gasteiger partial charge < -0.3 is 14.9 Å². The first-order valence-electron chi connectivity index (χ1n) is 5.37. The summed E-state index contributed by atoms with van der Waals surface area (Å²) in [5, 5.41) is 18.4. The number of benzene rings is 2. The van der Waals surface area contributed by atoms with Crippen molar-refractivity contribution in [3.63, 3.8) is 0 Å². The standard InChI is InChI=1S/C14H12O4/c1-9-8-12(16)6-7-13(9)18-14(17)10-2-4-11(15)5-3-10/h2-8,15-16H,1H3. The van der Waals surface area contributed by atoms with E-state index in [1.807, 2.05) is 0 Å². The van der Waals surface area contributed by atoms with Crippen LogP contribution >= 0.6 is 0 Å². The molecule has 92 valence electrons. The van der Waals surface area contributed by atoms with Crippen molar-refractivity contribution < 1.29 is 19.7 Å². The molecule has 0 bridgehead atoms. The monoisotopic (exact) mass is 244 g/mol. The molecule has 0 aliphatic rings. The predicted octanol–water partition coefficient (Wildman–Crippen LogP) is 2.63. The second-order valence-electron chi connectivity index (χ2n) is 3.89. The van der Waals surface area contributed by atoms with Crippen LogP contribution in [0.5, 0.6) is 17.2 Å². The van der Waals surface area contributed by atoms with E-state index in [-0.39, 0.29) is 11.5 Å². The third-order valence-corrected chi connectivity index (χ3v) is 2.46.